The average molecular weight is 444 g/mol. The van der Waals surface area contributed by atoms with Crippen molar-refractivity contribution in [2.45, 2.75) is 0 Å². The number of pyridine rings is 2. The fourth-order valence-corrected chi connectivity index (χ4v) is 3.40. The minimum Gasteiger partial charge on any atom is -0.361 e. The summed E-state index contributed by atoms with van der Waals surface area (Å²) in [5, 5.41) is 14.4. The van der Waals surface area contributed by atoms with E-state index in [1.807, 2.05) is 54.7 Å². The molecule has 5 rings (SSSR count). The summed E-state index contributed by atoms with van der Waals surface area (Å²) in [5.74, 6) is 1.09. The van der Waals surface area contributed by atoms with Gasteiger partial charge in [-0.05, 0) is 42.5 Å². The second-order valence-corrected chi connectivity index (χ2v) is 7.18. The fourth-order valence-electron chi connectivity index (χ4n) is 3.04. The Morgan fingerprint density at radius 1 is 0.897 bits per heavy atom. The van der Waals surface area contributed by atoms with Gasteiger partial charge in [-0.2, -0.15) is 9.78 Å². The number of benzene rings is 1. The van der Waals surface area contributed by atoms with Crippen LogP contribution in [0, 0.1) is 0 Å². The molecule has 0 aliphatic rings. The van der Waals surface area contributed by atoms with Gasteiger partial charge in [0.15, 0.2) is 0 Å². The zero-order valence-electron chi connectivity index (χ0n) is 15.1. The maximum Gasteiger partial charge on any atom is 0.203 e. The third-order valence-corrected chi connectivity index (χ3v) is 4.91. The Morgan fingerprint density at radius 2 is 1.59 bits per heavy atom. The van der Waals surface area contributed by atoms with Crippen LogP contribution in [0.2, 0.25) is 0 Å². The quantitative estimate of drug-likeness (QED) is 0.413. The van der Waals surface area contributed by atoms with Crippen LogP contribution in [0.25, 0.3) is 33.9 Å². The van der Waals surface area contributed by atoms with E-state index in [-0.39, 0.29) is 0 Å². The first-order valence-corrected chi connectivity index (χ1v) is 9.68. The summed E-state index contributed by atoms with van der Waals surface area (Å²) < 4.78 is 2.67. The molecule has 0 radical (unpaired) electrons. The first-order chi connectivity index (χ1) is 14.3. The summed E-state index contributed by atoms with van der Waals surface area (Å²) in [6.07, 6.45) is 7.14. The Kier molecular flexibility index (Phi) is 4.45. The molecular formula is C21H14BrN7. The van der Waals surface area contributed by atoms with E-state index in [2.05, 4.69) is 47.1 Å². The molecule has 1 aromatic carbocycles. The number of hydrogen-bond donors (Lipinski definition) is 1. The number of rotatable bonds is 4. The molecule has 140 valence electrons. The standard InChI is InChI=1S/C21H14BrN7/c22-15-7-8-17-16(11-15)14(12-25-17)13-26-29-20(18-5-1-3-9-23-18)27-28-21(29)19-6-2-4-10-24-19/h1-13,25H/b26-13+. The van der Waals surface area contributed by atoms with Gasteiger partial charge in [0, 0.05) is 39.5 Å². The third-order valence-electron chi connectivity index (χ3n) is 4.42. The number of aromatic nitrogens is 6. The molecule has 0 atom stereocenters. The summed E-state index contributed by atoms with van der Waals surface area (Å²) in [6, 6.07) is 17.4. The Morgan fingerprint density at radius 3 is 2.21 bits per heavy atom. The van der Waals surface area contributed by atoms with Gasteiger partial charge in [0.1, 0.15) is 11.4 Å². The van der Waals surface area contributed by atoms with Crippen LogP contribution in [0.5, 0.6) is 0 Å². The molecular weight excluding hydrogens is 430 g/mol. The van der Waals surface area contributed by atoms with E-state index in [4.69, 9.17) is 5.10 Å². The maximum absolute atomic E-state index is 4.69. The minimum atomic E-state index is 0.545. The van der Waals surface area contributed by atoms with Crippen molar-refractivity contribution in [2.75, 3.05) is 0 Å². The van der Waals surface area contributed by atoms with Gasteiger partial charge in [0.25, 0.3) is 0 Å². The number of aromatic amines is 1. The first kappa shape index (κ1) is 17.4. The molecule has 5 aromatic rings. The highest BCUT2D eigenvalue weighted by atomic mass is 79.9. The van der Waals surface area contributed by atoms with Crippen molar-refractivity contribution < 1.29 is 0 Å². The summed E-state index contributed by atoms with van der Waals surface area (Å²) in [4.78, 5) is 12.0. The highest BCUT2D eigenvalue weighted by Crippen LogP contribution is 2.24. The number of nitrogens with one attached hydrogen (secondary N) is 1. The SMILES string of the molecule is Brc1ccc2[nH]cc(/C=N/n3c(-c4ccccn4)nnc3-c3ccccn3)c2c1. The molecule has 0 saturated heterocycles. The van der Waals surface area contributed by atoms with Gasteiger partial charge in [-0.3, -0.25) is 9.97 Å². The van der Waals surface area contributed by atoms with Crippen molar-refractivity contribution in [3.8, 4) is 23.0 Å². The zero-order valence-corrected chi connectivity index (χ0v) is 16.7. The Balaban J connectivity index is 1.65. The summed E-state index contributed by atoms with van der Waals surface area (Å²) in [5.41, 5.74) is 3.35. The molecule has 0 aliphatic carbocycles. The van der Waals surface area contributed by atoms with Crippen LogP contribution in [-0.4, -0.2) is 36.0 Å². The van der Waals surface area contributed by atoms with E-state index in [9.17, 15) is 0 Å². The zero-order chi connectivity index (χ0) is 19.6. The molecule has 0 aliphatic heterocycles. The van der Waals surface area contributed by atoms with Crippen molar-refractivity contribution >= 4 is 33.0 Å². The molecule has 0 unspecified atom stereocenters. The van der Waals surface area contributed by atoms with E-state index in [0.29, 0.717) is 23.0 Å². The van der Waals surface area contributed by atoms with Gasteiger partial charge in [-0.1, -0.05) is 28.1 Å². The maximum atomic E-state index is 4.69. The molecule has 0 spiro atoms. The smallest absolute Gasteiger partial charge is 0.203 e. The summed E-state index contributed by atoms with van der Waals surface area (Å²) >= 11 is 3.53. The second kappa shape index (κ2) is 7.40. The van der Waals surface area contributed by atoms with Gasteiger partial charge in [0.05, 0.1) is 6.21 Å². The van der Waals surface area contributed by atoms with E-state index >= 15 is 0 Å². The summed E-state index contributed by atoms with van der Waals surface area (Å²) in [7, 11) is 0. The number of nitrogens with zero attached hydrogens (tertiary/aromatic N) is 6. The van der Waals surface area contributed by atoms with Gasteiger partial charge >= 0.3 is 0 Å². The molecule has 1 N–H and O–H groups in total. The van der Waals surface area contributed by atoms with Crippen LogP contribution < -0.4 is 0 Å². The van der Waals surface area contributed by atoms with Gasteiger partial charge in [-0.15, -0.1) is 10.2 Å². The van der Waals surface area contributed by atoms with Crippen molar-refractivity contribution in [3.05, 3.63) is 83.2 Å². The summed E-state index contributed by atoms with van der Waals surface area (Å²) in [6.45, 7) is 0. The highest BCUT2D eigenvalue weighted by molar-refractivity contribution is 9.10. The molecule has 0 saturated carbocycles. The van der Waals surface area contributed by atoms with Gasteiger partial charge in [0.2, 0.25) is 11.6 Å². The van der Waals surface area contributed by atoms with Crippen LogP contribution in [0.1, 0.15) is 5.56 Å². The largest absolute Gasteiger partial charge is 0.361 e. The van der Waals surface area contributed by atoms with Crippen LogP contribution in [0.3, 0.4) is 0 Å². The molecule has 8 heteroatoms. The minimum absolute atomic E-state index is 0.545. The van der Waals surface area contributed by atoms with E-state index in [1.165, 1.54) is 0 Å². The van der Waals surface area contributed by atoms with Crippen molar-refractivity contribution in [1.82, 2.24) is 29.8 Å². The predicted molar refractivity (Wildman–Crippen MR) is 115 cm³/mol. The highest BCUT2D eigenvalue weighted by Gasteiger charge is 2.16. The van der Waals surface area contributed by atoms with Crippen LogP contribution in [0.4, 0.5) is 0 Å². The third kappa shape index (κ3) is 3.34. The molecule has 0 fully saturated rings. The Bertz CT molecular complexity index is 1250. The fraction of sp³-hybridized carbons (Fsp3) is 0. The second-order valence-electron chi connectivity index (χ2n) is 6.27. The van der Waals surface area contributed by atoms with Crippen LogP contribution in [0.15, 0.2) is 82.8 Å². The van der Waals surface area contributed by atoms with E-state index in [1.54, 1.807) is 23.3 Å². The Hall–Kier alpha value is -3.65. The molecule has 0 amide bonds. The lowest BCUT2D eigenvalue weighted by atomic mass is 10.2. The van der Waals surface area contributed by atoms with Gasteiger partial charge in [-0.25, -0.2) is 0 Å². The average Bonchev–Trinajstić information content (AvgIpc) is 3.37. The van der Waals surface area contributed by atoms with E-state index < -0.39 is 0 Å². The monoisotopic (exact) mass is 443 g/mol. The van der Waals surface area contributed by atoms with Crippen LogP contribution >= 0.6 is 15.9 Å². The topological polar surface area (TPSA) is 84.6 Å². The lowest BCUT2D eigenvalue weighted by Gasteiger charge is -2.03. The molecule has 0 bridgehead atoms. The van der Waals surface area contributed by atoms with Crippen molar-refractivity contribution in [3.63, 3.8) is 0 Å². The van der Waals surface area contributed by atoms with E-state index in [0.717, 1.165) is 20.9 Å². The lowest BCUT2D eigenvalue weighted by Crippen LogP contribution is -1.99. The van der Waals surface area contributed by atoms with Gasteiger partial charge < -0.3 is 4.98 Å². The van der Waals surface area contributed by atoms with Crippen LogP contribution in [-0.2, 0) is 0 Å². The number of halogens is 1. The first-order valence-electron chi connectivity index (χ1n) is 8.89. The predicted octanol–water partition coefficient (Wildman–Crippen LogP) is 4.53. The Labute approximate surface area is 174 Å². The molecule has 7 nitrogen and oxygen atoms in total. The number of hydrogen-bond acceptors (Lipinski definition) is 5. The normalized spacial score (nSPS) is 11.5. The number of H-pyrrole nitrogens is 1. The number of fused-ring (bicyclic) bond motifs is 1. The molecule has 4 heterocycles. The van der Waals surface area contributed by atoms with Crippen molar-refractivity contribution in [2.24, 2.45) is 5.10 Å². The lowest BCUT2D eigenvalue weighted by molar-refractivity contribution is 0.887. The van der Waals surface area contributed by atoms with Crippen molar-refractivity contribution in [1.29, 1.82) is 0 Å². The molecule has 29 heavy (non-hydrogen) atoms. The molecule has 4 aromatic heterocycles.